The molecule has 0 radical (unpaired) electrons. The van der Waals surface area contributed by atoms with Gasteiger partial charge in [-0.25, -0.2) is 0 Å². The first-order valence-corrected chi connectivity index (χ1v) is 6.85. The lowest BCUT2D eigenvalue weighted by Crippen LogP contribution is -2.51. The van der Waals surface area contributed by atoms with Gasteiger partial charge in [-0.2, -0.15) is 0 Å². The maximum atomic E-state index is 6.04. The van der Waals surface area contributed by atoms with Crippen molar-refractivity contribution in [2.75, 3.05) is 46.9 Å². The van der Waals surface area contributed by atoms with Gasteiger partial charge in [-0.05, 0) is 40.8 Å². The second-order valence-corrected chi connectivity index (χ2v) is 5.08. The first-order chi connectivity index (χ1) is 8.55. The third kappa shape index (κ3) is 5.07. The van der Waals surface area contributed by atoms with Gasteiger partial charge in [0, 0.05) is 31.8 Å². The summed E-state index contributed by atoms with van der Waals surface area (Å²) in [6, 6.07) is 0. The van der Waals surface area contributed by atoms with Crippen molar-refractivity contribution in [1.82, 2.24) is 9.80 Å². The van der Waals surface area contributed by atoms with Gasteiger partial charge in [-0.1, -0.05) is 0 Å². The molecule has 0 aromatic rings. The molecule has 114 valence electrons. The van der Waals surface area contributed by atoms with Crippen LogP contribution in [-0.4, -0.2) is 68.2 Å². The van der Waals surface area contributed by atoms with Crippen LogP contribution in [0.3, 0.4) is 0 Å². The summed E-state index contributed by atoms with van der Waals surface area (Å²) >= 11 is 0. The number of guanidine groups is 1. The summed E-state index contributed by atoms with van der Waals surface area (Å²) in [5.41, 5.74) is 6.15. The monoisotopic (exact) mass is 384 g/mol. The minimum Gasteiger partial charge on any atom is -0.381 e. The molecule has 1 rings (SSSR count). The van der Waals surface area contributed by atoms with E-state index in [1.807, 2.05) is 0 Å². The van der Waals surface area contributed by atoms with Gasteiger partial charge in [-0.3, -0.25) is 4.99 Å². The maximum Gasteiger partial charge on any atom is 0.191 e. The highest BCUT2D eigenvalue weighted by molar-refractivity contribution is 14.0. The molecule has 0 saturated carbocycles. The van der Waals surface area contributed by atoms with Crippen molar-refractivity contribution < 1.29 is 4.74 Å². The molecule has 1 saturated heterocycles. The van der Waals surface area contributed by atoms with Crippen LogP contribution in [0, 0.1) is 0 Å². The first kappa shape index (κ1) is 18.9. The van der Waals surface area contributed by atoms with Crippen LogP contribution in [0.2, 0.25) is 0 Å². The number of rotatable bonds is 5. The van der Waals surface area contributed by atoms with Gasteiger partial charge in [0.1, 0.15) is 0 Å². The summed E-state index contributed by atoms with van der Waals surface area (Å²) in [5.74, 6) is 0.660. The van der Waals surface area contributed by atoms with Gasteiger partial charge in [0.2, 0.25) is 0 Å². The van der Waals surface area contributed by atoms with Gasteiger partial charge in [0.15, 0.2) is 5.96 Å². The van der Waals surface area contributed by atoms with E-state index in [2.05, 4.69) is 42.7 Å². The third-order valence-corrected chi connectivity index (χ3v) is 4.00. The van der Waals surface area contributed by atoms with Gasteiger partial charge in [0.25, 0.3) is 0 Å². The molecule has 2 N–H and O–H groups in total. The average Bonchev–Trinajstić information content (AvgIpc) is 2.38. The van der Waals surface area contributed by atoms with Crippen molar-refractivity contribution >= 4 is 29.9 Å². The van der Waals surface area contributed by atoms with Gasteiger partial charge in [0.05, 0.1) is 6.54 Å². The van der Waals surface area contributed by atoms with E-state index < -0.39 is 0 Å². The predicted molar refractivity (Wildman–Crippen MR) is 91.3 cm³/mol. The molecule has 1 fully saturated rings. The summed E-state index contributed by atoms with van der Waals surface area (Å²) in [4.78, 5) is 8.96. The SMILES string of the molecule is CCN(CC)C(N)=NCC1(N(C)C)CCOCC1.I. The lowest BCUT2D eigenvalue weighted by atomic mass is 9.89. The number of ether oxygens (including phenoxy) is 1. The second-order valence-electron chi connectivity index (χ2n) is 5.08. The molecule has 19 heavy (non-hydrogen) atoms. The van der Waals surface area contributed by atoms with E-state index >= 15 is 0 Å². The normalized spacial score (nSPS) is 19.1. The Bertz CT molecular complexity index is 274. The van der Waals surface area contributed by atoms with E-state index in [0.717, 1.165) is 45.7 Å². The molecule has 0 aliphatic carbocycles. The van der Waals surface area contributed by atoms with E-state index in [1.165, 1.54) is 0 Å². The van der Waals surface area contributed by atoms with Crippen molar-refractivity contribution in [1.29, 1.82) is 0 Å². The molecule has 0 unspecified atom stereocenters. The summed E-state index contributed by atoms with van der Waals surface area (Å²) in [7, 11) is 4.24. The van der Waals surface area contributed by atoms with Crippen molar-refractivity contribution in [3.8, 4) is 0 Å². The summed E-state index contributed by atoms with van der Waals surface area (Å²) in [6.07, 6.45) is 2.05. The number of hydrogen-bond acceptors (Lipinski definition) is 3. The van der Waals surface area contributed by atoms with Gasteiger partial charge in [-0.15, -0.1) is 24.0 Å². The van der Waals surface area contributed by atoms with Crippen LogP contribution < -0.4 is 5.73 Å². The van der Waals surface area contributed by atoms with Crippen molar-refractivity contribution in [3.05, 3.63) is 0 Å². The fourth-order valence-electron chi connectivity index (χ4n) is 2.37. The maximum absolute atomic E-state index is 6.04. The summed E-state index contributed by atoms with van der Waals surface area (Å²) in [6.45, 7) is 8.40. The standard InChI is InChI=1S/C13H28N4O.HI/c1-5-17(6-2)12(14)15-11-13(16(3)4)7-9-18-10-8-13;/h5-11H2,1-4H3,(H2,14,15);1H. The lowest BCUT2D eigenvalue weighted by molar-refractivity contribution is -0.00260. The molecule has 0 aromatic carbocycles. The quantitative estimate of drug-likeness (QED) is 0.442. The number of nitrogens with zero attached hydrogens (tertiary/aromatic N) is 3. The molecule has 0 bridgehead atoms. The fraction of sp³-hybridized carbons (Fsp3) is 0.923. The molecular formula is C13H29IN4O. The number of nitrogens with two attached hydrogens (primary N) is 1. The Labute approximate surface area is 134 Å². The van der Waals surface area contributed by atoms with Crippen LogP contribution in [0.25, 0.3) is 0 Å². The zero-order chi connectivity index (χ0) is 13.6. The lowest BCUT2D eigenvalue weighted by Gasteiger charge is -2.41. The molecule has 1 heterocycles. The van der Waals surface area contributed by atoms with Crippen LogP contribution in [0.1, 0.15) is 26.7 Å². The first-order valence-electron chi connectivity index (χ1n) is 6.85. The second kappa shape index (κ2) is 8.97. The minimum atomic E-state index is 0. The van der Waals surface area contributed by atoms with E-state index in [9.17, 15) is 0 Å². The third-order valence-electron chi connectivity index (χ3n) is 4.00. The molecule has 0 spiro atoms. The molecule has 0 aromatic heterocycles. The Hall–Kier alpha value is -0.0800. The zero-order valence-corrected chi connectivity index (χ0v) is 15.0. The molecule has 5 nitrogen and oxygen atoms in total. The van der Waals surface area contributed by atoms with Crippen LogP contribution in [-0.2, 0) is 4.74 Å². The Morgan fingerprint density at radius 3 is 2.16 bits per heavy atom. The number of likely N-dealkylation sites (N-methyl/N-ethyl adjacent to an activating group) is 1. The number of hydrogen-bond donors (Lipinski definition) is 1. The Balaban J connectivity index is 0.00000324. The Kier molecular flexibility index (Phi) is 8.93. The average molecular weight is 384 g/mol. The van der Waals surface area contributed by atoms with E-state index in [4.69, 9.17) is 10.5 Å². The molecular weight excluding hydrogens is 355 g/mol. The van der Waals surface area contributed by atoms with E-state index in [0.29, 0.717) is 5.96 Å². The molecule has 1 aliphatic heterocycles. The van der Waals surface area contributed by atoms with Crippen LogP contribution in [0.15, 0.2) is 4.99 Å². The number of halogens is 1. The zero-order valence-electron chi connectivity index (χ0n) is 12.7. The molecule has 0 amide bonds. The number of aliphatic imine (C=N–C) groups is 1. The van der Waals surface area contributed by atoms with Crippen LogP contribution >= 0.6 is 24.0 Å². The highest BCUT2D eigenvalue weighted by atomic mass is 127. The van der Waals surface area contributed by atoms with Crippen molar-refractivity contribution in [2.45, 2.75) is 32.2 Å². The van der Waals surface area contributed by atoms with Crippen molar-refractivity contribution in [3.63, 3.8) is 0 Å². The Morgan fingerprint density at radius 2 is 1.74 bits per heavy atom. The van der Waals surface area contributed by atoms with E-state index in [-0.39, 0.29) is 29.5 Å². The van der Waals surface area contributed by atoms with Crippen molar-refractivity contribution in [2.24, 2.45) is 10.7 Å². The van der Waals surface area contributed by atoms with Crippen LogP contribution in [0.4, 0.5) is 0 Å². The molecule has 6 heteroatoms. The summed E-state index contributed by atoms with van der Waals surface area (Å²) in [5, 5.41) is 0. The highest BCUT2D eigenvalue weighted by Gasteiger charge is 2.34. The molecule has 0 atom stereocenters. The largest absolute Gasteiger partial charge is 0.381 e. The Morgan fingerprint density at radius 1 is 1.21 bits per heavy atom. The predicted octanol–water partition coefficient (Wildman–Crippen LogP) is 1.37. The summed E-state index contributed by atoms with van der Waals surface area (Å²) < 4.78 is 5.45. The van der Waals surface area contributed by atoms with E-state index in [1.54, 1.807) is 0 Å². The molecule has 1 aliphatic rings. The minimum absolute atomic E-state index is 0. The fourth-order valence-corrected chi connectivity index (χ4v) is 2.37. The van der Waals surface area contributed by atoms with Crippen LogP contribution in [0.5, 0.6) is 0 Å². The van der Waals surface area contributed by atoms with Gasteiger partial charge < -0.3 is 20.3 Å². The topological polar surface area (TPSA) is 54.1 Å². The smallest absolute Gasteiger partial charge is 0.191 e. The highest BCUT2D eigenvalue weighted by Crippen LogP contribution is 2.26. The van der Waals surface area contributed by atoms with Gasteiger partial charge >= 0.3 is 0 Å².